The van der Waals surface area contributed by atoms with E-state index in [1.807, 2.05) is 7.05 Å². The highest BCUT2D eigenvalue weighted by Gasteiger charge is 2.16. The van der Waals surface area contributed by atoms with Crippen molar-refractivity contribution in [2.45, 2.75) is 32.7 Å². The molecule has 0 aliphatic rings. The van der Waals surface area contributed by atoms with E-state index in [1.165, 1.54) is 11.0 Å². The minimum absolute atomic E-state index is 0.394. The molecule has 0 radical (unpaired) electrons. The first-order valence-electron chi connectivity index (χ1n) is 6.71. The molecular formula is C12H20N8. The maximum absolute atomic E-state index is 4.46. The van der Waals surface area contributed by atoms with Gasteiger partial charge >= 0.3 is 0 Å². The molecule has 2 aromatic heterocycles. The Morgan fingerprint density at radius 3 is 2.55 bits per heavy atom. The molecular weight excluding hydrogens is 256 g/mol. The topological polar surface area (TPSA) is 84.7 Å². The van der Waals surface area contributed by atoms with Crippen LogP contribution in [0.4, 0.5) is 11.9 Å². The number of nitrogens with zero attached hydrogens (tertiary/aromatic N) is 7. The predicted molar refractivity (Wildman–Crippen MR) is 77.1 cm³/mol. The molecule has 0 aliphatic heterocycles. The first-order chi connectivity index (χ1) is 9.69. The quantitative estimate of drug-likeness (QED) is 0.846. The molecule has 0 saturated carbocycles. The van der Waals surface area contributed by atoms with Gasteiger partial charge in [-0.25, -0.2) is 4.98 Å². The lowest BCUT2D eigenvalue weighted by molar-refractivity contribution is 0.578. The fourth-order valence-corrected chi connectivity index (χ4v) is 2.04. The average Bonchev–Trinajstić information content (AvgIpc) is 3.02. The normalized spacial score (nSPS) is 10.8. The molecule has 0 aliphatic carbocycles. The molecule has 0 saturated heterocycles. The van der Waals surface area contributed by atoms with Crippen LogP contribution in [-0.2, 0) is 0 Å². The van der Waals surface area contributed by atoms with E-state index in [1.54, 1.807) is 13.4 Å². The molecule has 1 N–H and O–H groups in total. The van der Waals surface area contributed by atoms with Crippen LogP contribution in [-0.4, -0.2) is 49.9 Å². The molecule has 0 amide bonds. The van der Waals surface area contributed by atoms with Crippen LogP contribution in [0.25, 0.3) is 5.95 Å². The Morgan fingerprint density at radius 2 is 2.00 bits per heavy atom. The van der Waals surface area contributed by atoms with Gasteiger partial charge in [-0.05, 0) is 12.8 Å². The third-order valence-corrected chi connectivity index (χ3v) is 3.26. The van der Waals surface area contributed by atoms with Gasteiger partial charge in [0.1, 0.15) is 12.7 Å². The molecule has 8 heteroatoms. The van der Waals surface area contributed by atoms with E-state index in [2.05, 4.69) is 49.1 Å². The largest absolute Gasteiger partial charge is 0.357 e. The van der Waals surface area contributed by atoms with Crippen molar-refractivity contribution >= 4 is 11.9 Å². The molecule has 0 unspecified atom stereocenters. The monoisotopic (exact) mass is 276 g/mol. The lowest BCUT2D eigenvalue weighted by Crippen LogP contribution is -2.32. The summed E-state index contributed by atoms with van der Waals surface area (Å²) in [4.78, 5) is 19.1. The molecule has 8 nitrogen and oxygen atoms in total. The zero-order valence-electron chi connectivity index (χ0n) is 12.3. The number of anilines is 2. The smallest absolute Gasteiger partial charge is 0.258 e. The van der Waals surface area contributed by atoms with Gasteiger partial charge in [0, 0.05) is 20.1 Å². The maximum Gasteiger partial charge on any atom is 0.258 e. The summed E-state index contributed by atoms with van der Waals surface area (Å²) in [7, 11) is 3.78. The van der Waals surface area contributed by atoms with Gasteiger partial charge in [-0.3, -0.25) is 0 Å². The summed E-state index contributed by atoms with van der Waals surface area (Å²) >= 11 is 0. The molecule has 2 heterocycles. The van der Waals surface area contributed by atoms with Crippen molar-refractivity contribution in [2.75, 3.05) is 24.3 Å². The highest BCUT2D eigenvalue weighted by Crippen LogP contribution is 2.16. The van der Waals surface area contributed by atoms with Crippen molar-refractivity contribution in [2.24, 2.45) is 0 Å². The summed E-state index contributed by atoms with van der Waals surface area (Å²) in [6.45, 7) is 4.31. The Balaban J connectivity index is 2.40. The number of aromatic nitrogens is 6. The highest BCUT2D eigenvalue weighted by atomic mass is 15.4. The van der Waals surface area contributed by atoms with Crippen LogP contribution in [0.15, 0.2) is 12.7 Å². The van der Waals surface area contributed by atoms with Crippen molar-refractivity contribution in [1.82, 2.24) is 29.7 Å². The summed E-state index contributed by atoms with van der Waals surface area (Å²) in [5, 5.41) is 7.00. The highest BCUT2D eigenvalue weighted by molar-refractivity contribution is 5.39. The minimum atomic E-state index is 0.394. The van der Waals surface area contributed by atoms with E-state index in [0.29, 0.717) is 23.9 Å². The molecule has 0 aromatic carbocycles. The van der Waals surface area contributed by atoms with Gasteiger partial charge in [0.2, 0.25) is 11.9 Å². The molecule has 108 valence electrons. The van der Waals surface area contributed by atoms with Crippen LogP contribution in [0, 0.1) is 0 Å². The second kappa shape index (κ2) is 6.27. The van der Waals surface area contributed by atoms with E-state index in [4.69, 9.17) is 0 Å². The molecule has 2 rings (SSSR count). The minimum Gasteiger partial charge on any atom is -0.357 e. The van der Waals surface area contributed by atoms with Gasteiger partial charge in [-0.15, -0.1) is 0 Å². The molecule has 2 aromatic rings. The number of hydrogen-bond donors (Lipinski definition) is 1. The molecule has 0 atom stereocenters. The van der Waals surface area contributed by atoms with Gasteiger partial charge in [0.05, 0.1) is 0 Å². The SMILES string of the molecule is CCC(CC)N(C)c1nc(NC)nc(-n2cncn2)n1. The maximum atomic E-state index is 4.46. The Labute approximate surface area is 118 Å². The lowest BCUT2D eigenvalue weighted by Gasteiger charge is -2.26. The predicted octanol–water partition coefficient (Wildman–Crippen LogP) is 1.12. The van der Waals surface area contributed by atoms with Crippen LogP contribution in [0.1, 0.15) is 26.7 Å². The summed E-state index contributed by atoms with van der Waals surface area (Å²) < 4.78 is 1.52. The van der Waals surface area contributed by atoms with E-state index in [-0.39, 0.29) is 0 Å². The standard InChI is InChI=1S/C12H20N8/c1-5-9(6-2)19(4)11-16-10(13-3)17-12(18-11)20-8-14-7-15-20/h7-9H,5-6H2,1-4H3,(H,13,16,17,18). The van der Waals surface area contributed by atoms with Crippen LogP contribution in [0.5, 0.6) is 0 Å². The number of rotatable bonds is 6. The zero-order chi connectivity index (χ0) is 14.5. The van der Waals surface area contributed by atoms with Crippen molar-refractivity contribution in [3.05, 3.63) is 12.7 Å². The lowest BCUT2D eigenvalue weighted by atomic mass is 10.1. The summed E-state index contributed by atoms with van der Waals surface area (Å²) in [6.07, 6.45) is 5.08. The summed E-state index contributed by atoms with van der Waals surface area (Å²) in [5.74, 6) is 1.59. The molecule has 0 spiro atoms. The van der Waals surface area contributed by atoms with Gasteiger partial charge < -0.3 is 10.2 Å². The van der Waals surface area contributed by atoms with Gasteiger partial charge in [-0.1, -0.05) is 13.8 Å². The van der Waals surface area contributed by atoms with Gasteiger partial charge in [0.15, 0.2) is 0 Å². The summed E-state index contributed by atoms with van der Waals surface area (Å²) in [5.41, 5.74) is 0. The van der Waals surface area contributed by atoms with Crippen LogP contribution in [0.3, 0.4) is 0 Å². The Hall–Kier alpha value is -2.25. The summed E-state index contributed by atoms with van der Waals surface area (Å²) in [6, 6.07) is 0.394. The van der Waals surface area contributed by atoms with Gasteiger partial charge in [-0.2, -0.15) is 24.7 Å². The third kappa shape index (κ3) is 2.84. The Kier molecular flexibility index (Phi) is 4.44. The van der Waals surface area contributed by atoms with E-state index in [9.17, 15) is 0 Å². The first kappa shape index (κ1) is 14.2. The van der Waals surface area contributed by atoms with E-state index < -0.39 is 0 Å². The van der Waals surface area contributed by atoms with E-state index in [0.717, 1.165) is 12.8 Å². The van der Waals surface area contributed by atoms with Crippen molar-refractivity contribution < 1.29 is 0 Å². The molecule has 20 heavy (non-hydrogen) atoms. The van der Waals surface area contributed by atoms with Crippen LogP contribution < -0.4 is 10.2 Å². The van der Waals surface area contributed by atoms with Gasteiger partial charge in [0.25, 0.3) is 5.95 Å². The second-order valence-electron chi connectivity index (χ2n) is 4.43. The van der Waals surface area contributed by atoms with Crippen LogP contribution in [0.2, 0.25) is 0 Å². The van der Waals surface area contributed by atoms with E-state index >= 15 is 0 Å². The fourth-order valence-electron chi connectivity index (χ4n) is 2.04. The molecule has 0 fully saturated rings. The van der Waals surface area contributed by atoms with Crippen LogP contribution >= 0.6 is 0 Å². The fraction of sp³-hybridized carbons (Fsp3) is 0.583. The second-order valence-corrected chi connectivity index (χ2v) is 4.43. The zero-order valence-corrected chi connectivity index (χ0v) is 12.3. The first-order valence-corrected chi connectivity index (χ1v) is 6.71. The van der Waals surface area contributed by atoms with Crippen molar-refractivity contribution in [3.8, 4) is 5.95 Å². The third-order valence-electron chi connectivity index (χ3n) is 3.26. The number of hydrogen-bond acceptors (Lipinski definition) is 7. The Bertz CT molecular complexity index is 534. The molecule has 0 bridgehead atoms. The average molecular weight is 276 g/mol. The Morgan fingerprint density at radius 1 is 1.25 bits per heavy atom. The van der Waals surface area contributed by atoms with Crippen molar-refractivity contribution in [1.29, 1.82) is 0 Å². The number of nitrogens with one attached hydrogen (secondary N) is 1. The van der Waals surface area contributed by atoms with Crippen molar-refractivity contribution in [3.63, 3.8) is 0 Å².